The second-order valence-electron chi connectivity index (χ2n) is 4.56. The Balaban J connectivity index is 1.50. The highest BCUT2D eigenvalue weighted by Gasteiger charge is 2.13. The number of aromatic nitrogens is 2. The van der Waals surface area contributed by atoms with E-state index < -0.39 is 0 Å². The summed E-state index contributed by atoms with van der Waals surface area (Å²) in [7, 11) is 0. The predicted molar refractivity (Wildman–Crippen MR) is 90.6 cm³/mol. The van der Waals surface area contributed by atoms with Gasteiger partial charge in [0, 0.05) is 47.2 Å². The maximum atomic E-state index is 4.64. The normalized spacial score (nSPS) is 19.1. The quantitative estimate of drug-likeness (QED) is 0.915. The van der Waals surface area contributed by atoms with Crippen LogP contribution in [-0.4, -0.2) is 39.0 Å². The summed E-state index contributed by atoms with van der Waals surface area (Å²) in [4.78, 5) is 8.98. The van der Waals surface area contributed by atoms with Crippen molar-refractivity contribution >= 4 is 34.9 Å². The van der Waals surface area contributed by atoms with Crippen molar-refractivity contribution in [2.24, 2.45) is 0 Å². The molecule has 3 heterocycles. The molecule has 2 aromatic heterocycles. The van der Waals surface area contributed by atoms with Crippen LogP contribution in [0.4, 0.5) is 0 Å². The third-order valence-electron chi connectivity index (χ3n) is 3.00. The van der Waals surface area contributed by atoms with Crippen LogP contribution < -0.4 is 5.32 Å². The molecule has 106 valence electrons. The standard InChI is InChI=1S/C14H17N3S3/c1-2-4-16-13(3-1)14-17-11(9-20-14)7-15-8-12-10-18-5-6-19-12/h1-4,9,12,15H,5-8,10H2. The molecule has 1 aliphatic heterocycles. The van der Waals surface area contributed by atoms with Gasteiger partial charge in [-0.05, 0) is 12.1 Å². The van der Waals surface area contributed by atoms with Crippen molar-refractivity contribution in [1.82, 2.24) is 15.3 Å². The van der Waals surface area contributed by atoms with Gasteiger partial charge in [-0.25, -0.2) is 4.98 Å². The summed E-state index contributed by atoms with van der Waals surface area (Å²) in [6, 6.07) is 5.94. The number of pyridine rings is 1. The third kappa shape index (κ3) is 3.97. The van der Waals surface area contributed by atoms with Gasteiger partial charge in [0.05, 0.1) is 11.4 Å². The van der Waals surface area contributed by atoms with Crippen LogP contribution in [0.2, 0.25) is 0 Å². The fraction of sp³-hybridized carbons (Fsp3) is 0.429. The van der Waals surface area contributed by atoms with Crippen molar-refractivity contribution in [3.63, 3.8) is 0 Å². The van der Waals surface area contributed by atoms with Crippen molar-refractivity contribution in [3.8, 4) is 10.7 Å². The average molecular weight is 324 g/mol. The van der Waals surface area contributed by atoms with Crippen molar-refractivity contribution < 1.29 is 0 Å². The summed E-state index contributed by atoms with van der Waals surface area (Å²) in [5.74, 6) is 3.87. The van der Waals surface area contributed by atoms with Crippen molar-refractivity contribution in [2.75, 3.05) is 23.8 Å². The molecule has 0 aliphatic carbocycles. The van der Waals surface area contributed by atoms with Gasteiger partial charge in [-0.15, -0.1) is 11.3 Å². The van der Waals surface area contributed by atoms with E-state index in [2.05, 4.69) is 44.2 Å². The van der Waals surface area contributed by atoms with E-state index in [1.807, 2.05) is 24.4 Å². The van der Waals surface area contributed by atoms with Crippen LogP contribution in [0.5, 0.6) is 0 Å². The molecule has 1 fully saturated rings. The van der Waals surface area contributed by atoms with Crippen molar-refractivity contribution in [2.45, 2.75) is 11.8 Å². The highest BCUT2D eigenvalue weighted by atomic mass is 32.2. The van der Waals surface area contributed by atoms with Crippen LogP contribution in [0.25, 0.3) is 10.7 Å². The van der Waals surface area contributed by atoms with E-state index in [9.17, 15) is 0 Å². The number of hydrogen-bond acceptors (Lipinski definition) is 6. The Bertz CT molecular complexity index is 523. The van der Waals surface area contributed by atoms with E-state index in [1.54, 1.807) is 11.3 Å². The first-order valence-corrected chi connectivity index (χ1v) is 9.76. The number of nitrogens with one attached hydrogen (secondary N) is 1. The second-order valence-corrected chi connectivity index (χ2v) is 7.97. The zero-order valence-electron chi connectivity index (χ0n) is 11.1. The van der Waals surface area contributed by atoms with Crippen LogP contribution in [0.1, 0.15) is 5.69 Å². The minimum absolute atomic E-state index is 0.752. The molecule has 20 heavy (non-hydrogen) atoms. The van der Waals surface area contributed by atoms with E-state index in [4.69, 9.17) is 0 Å². The molecule has 6 heteroatoms. The molecule has 1 N–H and O–H groups in total. The van der Waals surface area contributed by atoms with Crippen LogP contribution in [0, 0.1) is 0 Å². The minimum Gasteiger partial charge on any atom is -0.310 e. The molecule has 1 aliphatic rings. The molecule has 1 unspecified atom stereocenters. The molecule has 0 bridgehead atoms. The maximum Gasteiger partial charge on any atom is 0.142 e. The van der Waals surface area contributed by atoms with Gasteiger partial charge < -0.3 is 5.32 Å². The van der Waals surface area contributed by atoms with Crippen LogP contribution in [0.3, 0.4) is 0 Å². The molecule has 0 amide bonds. The Hall–Kier alpha value is -0.560. The van der Waals surface area contributed by atoms with E-state index in [0.29, 0.717) is 0 Å². The zero-order valence-corrected chi connectivity index (χ0v) is 13.6. The predicted octanol–water partition coefficient (Wildman–Crippen LogP) is 3.14. The molecular weight excluding hydrogens is 306 g/mol. The van der Waals surface area contributed by atoms with Gasteiger partial charge in [-0.1, -0.05) is 6.07 Å². The van der Waals surface area contributed by atoms with Crippen molar-refractivity contribution in [3.05, 3.63) is 35.5 Å². The molecule has 0 radical (unpaired) electrons. The monoisotopic (exact) mass is 323 g/mol. The van der Waals surface area contributed by atoms with Gasteiger partial charge in [0.2, 0.25) is 0 Å². The van der Waals surface area contributed by atoms with Gasteiger partial charge >= 0.3 is 0 Å². The summed E-state index contributed by atoms with van der Waals surface area (Å²) in [6.07, 6.45) is 1.81. The van der Waals surface area contributed by atoms with E-state index in [0.717, 1.165) is 34.7 Å². The first kappa shape index (κ1) is 14.4. The molecule has 1 saturated heterocycles. The highest BCUT2D eigenvalue weighted by molar-refractivity contribution is 8.06. The molecule has 2 aromatic rings. The molecular formula is C14H17N3S3. The molecule has 0 saturated carbocycles. The Morgan fingerprint density at radius 1 is 1.30 bits per heavy atom. The fourth-order valence-corrected chi connectivity index (χ4v) is 5.45. The smallest absolute Gasteiger partial charge is 0.142 e. The molecule has 0 aromatic carbocycles. The Morgan fingerprint density at radius 2 is 2.30 bits per heavy atom. The summed E-state index contributed by atoms with van der Waals surface area (Å²) in [5.41, 5.74) is 2.08. The number of thiazole rings is 1. The Morgan fingerprint density at radius 3 is 3.10 bits per heavy atom. The lowest BCUT2D eigenvalue weighted by Crippen LogP contribution is -2.28. The third-order valence-corrected chi connectivity index (χ3v) is 6.76. The number of hydrogen-bond donors (Lipinski definition) is 1. The van der Waals surface area contributed by atoms with Gasteiger partial charge in [0.25, 0.3) is 0 Å². The molecule has 3 rings (SSSR count). The summed E-state index contributed by atoms with van der Waals surface area (Å²) in [5, 5.41) is 7.41. The first-order chi connectivity index (χ1) is 9.92. The first-order valence-electron chi connectivity index (χ1n) is 6.68. The van der Waals surface area contributed by atoms with Crippen LogP contribution in [0.15, 0.2) is 29.8 Å². The van der Waals surface area contributed by atoms with Crippen molar-refractivity contribution in [1.29, 1.82) is 0 Å². The summed E-state index contributed by atoms with van der Waals surface area (Å²) in [6.45, 7) is 1.93. The maximum absolute atomic E-state index is 4.64. The van der Waals surface area contributed by atoms with Crippen LogP contribution in [-0.2, 0) is 6.54 Å². The van der Waals surface area contributed by atoms with E-state index >= 15 is 0 Å². The van der Waals surface area contributed by atoms with Gasteiger partial charge in [0.15, 0.2) is 0 Å². The average Bonchev–Trinajstić information content (AvgIpc) is 2.98. The molecule has 1 atom stereocenters. The number of thioether (sulfide) groups is 2. The SMILES string of the molecule is c1ccc(-c2nc(CNCC3CSCCS3)cs2)nc1. The topological polar surface area (TPSA) is 37.8 Å². The van der Waals surface area contributed by atoms with Crippen LogP contribution >= 0.6 is 34.9 Å². The second kappa shape index (κ2) is 7.45. The largest absolute Gasteiger partial charge is 0.310 e. The summed E-state index contributed by atoms with van der Waals surface area (Å²) >= 11 is 5.82. The summed E-state index contributed by atoms with van der Waals surface area (Å²) < 4.78 is 0. The highest BCUT2D eigenvalue weighted by Crippen LogP contribution is 2.24. The Labute approximate surface area is 132 Å². The van der Waals surface area contributed by atoms with Gasteiger partial charge in [-0.2, -0.15) is 23.5 Å². The van der Waals surface area contributed by atoms with Gasteiger partial charge in [0.1, 0.15) is 5.01 Å². The lowest BCUT2D eigenvalue weighted by molar-refractivity contribution is 0.677. The van der Waals surface area contributed by atoms with E-state index in [1.165, 1.54) is 17.3 Å². The Kier molecular flexibility index (Phi) is 5.36. The lowest BCUT2D eigenvalue weighted by Gasteiger charge is -2.20. The number of rotatable bonds is 5. The zero-order chi connectivity index (χ0) is 13.6. The lowest BCUT2D eigenvalue weighted by atomic mass is 10.3. The fourth-order valence-electron chi connectivity index (χ4n) is 2.01. The number of nitrogens with zero attached hydrogens (tertiary/aromatic N) is 2. The van der Waals surface area contributed by atoms with E-state index in [-0.39, 0.29) is 0 Å². The molecule has 3 nitrogen and oxygen atoms in total. The van der Waals surface area contributed by atoms with Gasteiger partial charge in [-0.3, -0.25) is 4.98 Å². The molecule has 0 spiro atoms. The minimum atomic E-state index is 0.752.